The van der Waals surface area contributed by atoms with Crippen molar-refractivity contribution < 1.29 is 44.2 Å². The molecule has 0 aromatic carbocycles. The van der Waals surface area contributed by atoms with Gasteiger partial charge in [0.05, 0.1) is 85.6 Å². The molecule has 0 aliphatic rings. The standard InChI is InChI=1S/C18H20O3.C14H12O3.C11H12O2.C9H8O2.4CH4/c1-17(2,13-7-5-11-19-13)15-9-10-16(21-15)18(3,4)14-8-6-12-20-14;1-3-11(15-7-1)9-13-5-6-14(17-13)10-12-4-2-8-16-12;1-11(2,9-5-3-7-12-9)10-6-4-8-13-10;1-3-8(10-5-1)7-9-4-2-6-11-9;;;;/h5-12H,1-4H3;1-8H,9-10H2;3-8H,1-2H3;1-6H,7H2;4*1H4. The normalized spacial score (nSPS) is 10.9. The highest BCUT2D eigenvalue weighted by molar-refractivity contribution is 5.32. The fourth-order valence-electron chi connectivity index (χ4n) is 6.69. The molecule has 0 aliphatic heterocycles. The average Bonchev–Trinajstić information content (AvgIpc) is 4.12. The van der Waals surface area contributed by atoms with Crippen molar-refractivity contribution in [1.29, 1.82) is 0 Å². The van der Waals surface area contributed by atoms with Crippen LogP contribution in [-0.2, 0) is 35.5 Å². The smallest absolute Gasteiger partial charge is 0.117 e. The molecular weight excluding hydrogens is 833 g/mol. The Morgan fingerprint density at radius 2 is 0.500 bits per heavy atom. The second-order valence-electron chi connectivity index (χ2n) is 16.2. The minimum atomic E-state index is -0.305. The third-order valence-electron chi connectivity index (χ3n) is 10.5. The lowest BCUT2D eigenvalue weighted by Gasteiger charge is -2.22. The van der Waals surface area contributed by atoms with Gasteiger partial charge in [0, 0.05) is 0 Å². The van der Waals surface area contributed by atoms with Gasteiger partial charge in [-0.25, -0.2) is 0 Å². The van der Waals surface area contributed by atoms with Gasteiger partial charge < -0.3 is 44.2 Å². The maximum absolute atomic E-state index is 6.14. The quantitative estimate of drug-likeness (QED) is 0.117. The summed E-state index contributed by atoms with van der Waals surface area (Å²) >= 11 is 0. The fourth-order valence-corrected chi connectivity index (χ4v) is 6.69. The minimum Gasteiger partial charge on any atom is -0.469 e. The first-order chi connectivity index (χ1) is 30.0. The van der Waals surface area contributed by atoms with Crippen LogP contribution in [0.2, 0.25) is 0 Å². The molecule has 0 fully saturated rings. The van der Waals surface area contributed by atoms with E-state index in [0.29, 0.717) is 12.8 Å². The van der Waals surface area contributed by atoms with Gasteiger partial charge in [0.25, 0.3) is 0 Å². The van der Waals surface area contributed by atoms with Gasteiger partial charge in [-0.1, -0.05) is 29.7 Å². The number of hydrogen-bond acceptors (Lipinski definition) is 10. The summed E-state index contributed by atoms with van der Waals surface area (Å²) in [5, 5.41) is 0. The zero-order valence-electron chi connectivity index (χ0n) is 35.9. The zero-order valence-corrected chi connectivity index (χ0v) is 35.9. The van der Waals surface area contributed by atoms with Crippen molar-refractivity contribution in [2.24, 2.45) is 0 Å². The van der Waals surface area contributed by atoms with Crippen molar-refractivity contribution in [3.63, 3.8) is 0 Å². The van der Waals surface area contributed by atoms with Gasteiger partial charge in [0.2, 0.25) is 0 Å². The second-order valence-corrected chi connectivity index (χ2v) is 16.2. The Bertz CT molecular complexity index is 2460. The Balaban J connectivity index is 0.000000235. The zero-order chi connectivity index (χ0) is 43.4. The molecule has 0 N–H and O–H groups in total. The van der Waals surface area contributed by atoms with E-state index in [1.54, 1.807) is 50.1 Å². The Hall–Kier alpha value is -7.20. The van der Waals surface area contributed by atoms with Crippen LogP contribution in [0, 0.1) is 0 Å². The van der Waals surface area contributed by atoms with E-state index in [2.05, 4.69) is 41.5 Å². The van der Waals surface area contributed by atoms with Gasteiger partial charge in [0.15, 0.2) is 0 Å². The average molecular weight is 901 g/mol. The van der Waals surface area contributed by atoms with Crippen LogP contribution in [0.25, 0.3) is 0 Å². The molecule has 10 nitrogen and oxygen atoms in total. The van der Waals surface area contributed by atoms with Crippen molar-refractivity contribution in [3.8, 4) is 0 Å². The van der Waals surface area contributed by atoms with Crippen LogP contribution in [0.1, 0.15) is 140 Å². The first-order valence-electron chi connectivity index (χ1n) is 20.4. The van der Waals surface area contributed by atoms with E-state index >= 15 is 0 Å². The molecule has 0 amide bonds. The monoisotopic (exact) mass is 900 g/mol. The summed E-state index contributed by atoms with van der Waals surface area (Å²) in [6.45, 7) is 12.5. The van der Waals surface area contributed by atoms with Crippen molar-refractivity contribution >= 4 is 0 Å². The van der Waals surface area contributed by atoms with Crippen LogP contribution in [0.15, 0.2) is 216 Å². The summed E-state index contributed by atoms with van der Waals surface area (Å²) in [4.78, 5) is 0. The molecule has 0 saturated carbocycles. The highest BCUT2D eigenvalue weighted by Crippen LogP contribution is 2.38. The third kappa shape index (κ3) is 13.4. The summed E-state index contributed by atoms with van der Waals surface area (Å²) in [7, 11) is 0. The molecule has 0 unspecified atom stereocenters. The maximum Gasteiger partial charge on any atom is 0.117 e. The van der Waals surface area contributed by atoms with E-state index in [9.17, 15) is 0 Å². The second kappa shape index (κ2) is 24.2. The largest absolute Gasteiger partial charge is 0.469 e. The molecule has 10 aromatic heterocycles. The van der Waals surface area contributed by atoms with E-state index in [4.69, 9.17) is 44.2 Å². The van der Waals surface area contributed by atoms with E-state index in [1.807, 2.05) is 121 Å². The predicted molar refractivity (Wildman–Crippen MR) is 259 cm³/mol. The molecule has 0 aliphatic carbocycles. The van der Waals surface area contributed by atoms with Gasteiger partial charge in [0.1, 0.15) is 69.1 Å². The molecule has 10 heteroatoms. The molecular formula is C56H68O10. The molecule has 0 bridgehead atoms. The highest BCUT2D eigenvalue weighted by Gasteiger charge is 2.34. The lowest BCUT2D eigenvalue weighted by molar-refractivity contribution is 0.314. The Morgan fingerprint density at radius 1 is 0.258 bits per heavy atom. The lowest BCUT2D eigenvalue weighted by atomic mass is 9.87. The Labute approximate surface area is 390 Å². The number of rotatable bonds is 12. The van der Waals surface area contributed by atoms with Gasteiger partial charge in [-0.15, -0.1) is 0 Å². The summed E-state index contributed by atoms with van der Waals surface area (Å²) in [5.41, 5.74) is -0.797. The van der Waals surface area contributed by atoms with Crippen LogP contribution in [-0.4, -0.2) is 0 Å². The molecule has 0 radical (unpaired) electrons. The molecule has 10 rings (SSSR count). The van der Waals surface area contributed by atoms with Gasteiger partial charge >= 0.3 is 0 Å². The van der Waals surface area contributed by atoms with Crippen LogP contribution >= 0.6 is 0 Å². The van der Waals surface area contributed by atoms with Gasteiger partial charge in [-0.05, 0) is 163 Å². The summed E-state index contributed by atoms with van der Waals surface area (Å²) in [5.74, 6) is 10.9. The highest BCUT2D eigenvalue weighted by atomic mass is 16.4. The molecule has 352 valence electrons. The molecule has 66 heavy (non-hydrogen) atoms. The van der Waals surface area contributed by atoms with Crippen LogP contribution in [0.3, 0.4) is 0 Å². The Kier molecular flexibility index (Phi) is 19.5. The number of hydrogen-bond donors (Lipinski definition) is 0. The van der Waals surface area contributed by atoms with Crippen molar-refractivity contribution in [2.75, 3.05) is 0 Å². The molecule has 10 heterocycles. The van der Waals surface area contributed by atoms with Crippen molar-refractivity contribution in [2.45, 2.75) is 107 Å². The van der Waals surface area contributed by atoms with E-state index < -0.39 is 0 Å². The summed E-state index contributed by atoms with van der Waals surface area (Å²) in [6.07, 6.45) is 15.5. The maximum atomic E-state index is 6.14. The van der Waals surface area contributed by atoms with E-state index in [0.717, 1.165) is 75.5 Å². The first-order valence-corrected chi connectivity index (χ1v) is 20.4. The van der Waals surface area contributed by atoms with E-state index in [-0.39, 0.29) is 46.0 Å². The molecule has 10 aromatic rings. The van der Waals surface area contributed by atoms with Gasteiger partial charge in [-0.2, -0.15) is 0 Å². The van der Waals surface area contributed by atoms with Gasteiger partial charge in [-0.3, -0.25) is 0 Å². The molecule has 0 spiro atoms. The topological polar surface area (TPSA) is 131 Å². The van der Waals surface area contributed by atoms with Crippen molar-refractivity contribution in [1.82, 2.24) is 0 Å². The fraction of sp³-hybridized carbons (Fsp3) is 0.286. The minimum absolute atomic E-state index is 0. The molecule has 0 atom stereocenters. The number of furan rings is 10. The first kappa shape index (κ1) is 53.1. The SMILES string of the molecule is C.C.C.C.CC(C)(c1ccco1)c1ccc(C(C)(C)c2ccco2)o1.CC(C)(c1ccco1)c1ccco1.c1coc(Cc2ccc(Cc3ccco3)o2)c1.c1coc(Cc2ccco2)c1. The molecule has 0 saturated heterocycles. The lowest BCUT2D eigenvalue weighted by Crippen LogP contribution is -2.19. The Morgan fingerprint density at radius 3 is 0.742 bits per heavy atom. The predicted octanol–water partition coefficient (Wildman–Crippen LogP) is 17.0. The van der Waals surface area contributed by atoms with Crippen LogP contribution in [0.5, 0.6) is 0 Å². The summed E-state index contributed by atoms with van der Waals surface area (Å²) < 4.78 is 54.5. The van der Waals surface area contributed by atoms with Crippen LogP contribution < -0.4 is 0 Å². The van der Waals surface area contributed by atoms with E-state index in [1.165, 1.54) is 0 Å². The third-order valence-corrected chi connectivity index (χ3v) is 10.5. The summed E-state index contributed by atoms with van der Waals surface area (Å²) in [6, 6.07) is 38.7. The van der Waals surface area contributed by atoms with Crippen LogP contribution in [0.4, 0.5) is 0 Å². The van der Waals surface area contributed by atoms with Crippen molar-refractivity contribution in [3.05, 3.63) is 241 Å².